The smallest absolute Gasteiger partial charge is 0.410 e. The summed E-state index contributed by atoms with van der Waals surface area (Å²) in [6.07, 6.45) is 0.664. The first-order valence-electron chi connectivity index (χ1n) is 7.20. The summed E-state index contributed by atoms with van der Waals surface area (Å²) in [6.45, 7) is 6.51. The van der Waals surface area contributed by atoms with Crippen molar-refractivity contribution in [1.82, 2.24) is 4.90 Å². The molecule has 0 spiro atoms. The van der Waals surface area contributed by atoms with Crippen LogP contribution in [0.25, 0.3) is 0 Å². The fourth-order valence-corrected chi connectivity index (χ4v) is 2.89. The molecular weight excluding hydrogens is 286 g/mol. The maximum absolute atomic E-state index is 12.0. The second-order valence-electron chi connectivity index (χ2n) is 6.52. The number of hydrogen-bond donors (Lipinski definition) is 2. The van der Waals surface area contributed by atoms with Gasteiger partial charge in [-0.2, -0.15) is 0 Å². The van der Waals surface area contributed by atoms with Crippen molar-refractivity contribution in [3.05, 3.63) is 29.8 Å². The van der Waals surface area contributed by atoms with Gasteiger partial charge >= 0.3 is 6.09 Å². The molecule has 1 heterocycles. The Labute approximate surface area is 131 Å². The minimum atomic E-state index is -0.920. The molecule has 0 atom stereocenters. The fraction of sp³-hybridized carbons (Fsp3) is 0.562. The molecule has 4 nitrogen and oxygen atoms in total. The van der Waals surface area contributed by atoms with Gasteiger partial charge in [-0.05, 0) is 45.2 Å². The van der Waals surface area contributed by atoms with Crippen LogP contribution in [0.5, 0.6) is 0 Å². The number of likely N-dealkylation sites (tertiary alicyclic amines) is 1. The van der Waals surface area contributed by atoms with Gasteiger partial charge in [-0.25, -0.2) is 4.79 Å². The molecule has 21 heavy (non-hydrogen) atoms. The van der Waals surface area contributed by atoms with E-state index < -0.39 is 11.2 Å². The summed E-state index contributed by atoms with van der Waals surface area (Å²) in [4.78, 5) is 14.5. The second kappa shape index (κ2) is 5.89. The van der Waals surface area contributed by atoms with Crippen LogP contribution in [0.1, 0.15) is 39.2 Å². The molecule has 1 aliphatic rings. The fourth-order valence-electron chi connectivity index (χ4n) is 2.52. The maximum atomic E-state index is 12.0. The number of hydrogen-bond acceptors (Lipinski definition) is 4. The Morgan fingerprint density at radius 2 is 1.86 bits per heavy atom. The lowest BCUT2D eigenvalue weighted by atomic mass is 9.84. The van der Waals surface area contributed by atoms with Crippen LogP contribution >= 0.6 is 12.6 Å². The first-order chi connectivity index (χ1) is 9.71. The average Bonchev–Trinajstić information content (AvgIpc) is 2.37. The Morgan fingerprint density at radius 3 is 2.38 bits per heavy atom. The highest BCUT2D eigenvalue weighted by Gasteiger charge is 2.37. The highest BCUT2D eigenvalue weighted by atomic mass is 32.1. The lowest BCUT2D eigenvalue weighted by Gasteiger charge is -2.39. The van der Waals surface area contributed by atoms with E-state index in [1.165, 1.54) is 0 Å². The molecule has 1 saturated heterocycles. The van der Waals surface area contributed by atoms with Gasteiger partial charge in [0.2, 0.25) is 0 Å². The van der Waals surface area contributed by atoms with E-state index in [0.29, 0.717) is 25.9 Å². The van der Waals surface area contributed by atoms with Crippen LogP contribution in [0.3, 0.4) is 0 Å². The molecule has 5 heteroatoms. The third-order valence-corrected chi connectivity index (χ3v) is 4.04. The van der Waals surface area contributed by atoms with Crippen LogP contribution < -0.4 is 0 Å². The van der Waals surface area contributed by atoms with Crippen LogP contribution in [-0.2, 0) is 10.3 Å². The summed E-state index contributed by atoms with van der Waals surface area (Å²) < 4.78 is 5.37. The Hall–Kier alpha value is -1.20. The molecule has 1 aliphatic heterocycles. The third-order valence-electron chi connectivity index (χ3n) is 3.65. The first-order valence-corrected chi connectivity index (χ1v) is 7.65. The van der Waals surface area contributed by atoms with Crippen molar-refractivity contribution in [3.63, 3.8) is 0 Å². The predicted molar refractivity (Wildman–Crippen MR) is 84.6 cm³/mol. The monoisotopic (exact) mass is 309 g/mol. The van der Waals surface area contributed by atoms with E-state index in [1.807, 2.05) is 45.0 Å². The molecule has 1 N–H and O–H groups in total. The third kappa shape index (κ3) is 3.92. The normalized spacial score (nSPS) is 18.4. The summed E-state index contributed by atoms with van der Waals surface area (Å²) in [7, 11) is 0. The quantitative estimate of drug-likeness (QED) is 0.783. The first kappa shape index (κ1) is 16.2. The van der Waals surface area contributed by atoms with Crippen LogP contribution in [0.2, 0.25) is 0 Å². The molecule has 0 aliphatic carbocycles. The molecule has 2 rings (SSSR count). The van der Waals surface area contributed by atoms with Gasteiger partial charge in [-0.3, -0.25) is 0 Å². The van der Waals surface area contributed by atoms with E-state index >= 15 is 0 Å². The Bertz CT molecular complexity index is 516. The highest BCUT2D eigenvalue weighted by Crippen LogP contribution is 2.36. The number of carbonyl (C=O) groups is 1. The lowest BCUT2D eigenvalue weighted by Crippen LogP contribution is -2.46. The van der Waals surface area contributed by atoms with Gasteiger partial charge in [0, 0.05) is 18.0 Å². The molecule has 0 aromatic heterocycles. The van der Waals surface area contributed by atoms with Crippen molar-refractivity contribution in [2.45, 2.75) is 49.7 Å². The van der Waals surface area contributed by atoms with E-state index in [2.05, 4.69) is 12.6 Å². The van der Waals surface area contributed by atoms with Crippen molar-refractivity contribution in [3.8, 4) is 0 Å². The van der Waals surface area contributed by atoms with Gasteiger partial charge in [0.15, 0.2) is 0 Å². The number of piperidine rings is 1. The molecule has 0 bridgehead atoms. The van der Waals surface area contributed by atoms with E-state index in [9.17, 15) is 9.90 Å². The van der Waals surface area contributed by atoms with Crippen molar-refractivity contribution in [2.24, 2.45) is 0 Å². The summed E-state index contributed by atoms with van der Waals surface area (Å²) in [5, 5.41) is 10.8. The van der Waals surface area contributed by atoms with Gasteiger partial charge in [0.25, 0.3) is 0 Å². The average molecular weight is 309 g/mol. The topological polar surface area (TPSA) is 49.8 Å². The van der Waals surface area contributed by atoms with Crippen LogP contribution in [0, 0.1) is 0 Å². The number of benzene rings is 1. The molecule has 0 saturated carbocycles. The number of thiol groups is 1. The Morgan fingerprint density at radius 1 is 1.29 bits per heavy atom. The minimum absolute atomic E-state index is 0.316. The van der Waals surface area contributed by atoms with Crippen molar-refractivity contribution < 1.29 is 14.6 Å². The van der Waals surface area contributed by atoms with Gasteiger partial charge in [0.05, 0.1) is 5.60 Å². The zero-order chi connectivity index (χ0) is 15.7. The highest BCUT2D eigenvalue weighted by molar-refractivity contribution is 7.80. The maximum Gasteiger partial charge on any atom is 0.410 e. The molecule has 1 fully saturated rings. The molecule has 1 aromatic rings. The largest absolute Gasteiger partial charge is 0.444 e. The van der Waals surface area contributed by atoms with Crippen LogP contribution in [-0.4, -0.2) is 34.8 Å². The van der Waals surface area contributed by atoms with Gasteiger partial charge in [-0.15, -0.1) is 12.6 Å². The zero-order valence-corrected chi connectivity index (χ0v) is 13.7. The van der Waals surface area contributed by atoms with E-state index in [0.717, 1.165) is 10.5 Å². The molecule has 1 aromatic carbocycles. The standard InChI is InChI=1S/C16H23NO3S/c1-15(2,3)20-14(18)17-10-8-16(19,9-11-17)12-6-4-5-7-13(12)21/h4-7,19,21H,8-11H2,1-3H3. The van der Waals surface area contributed by atoms with Gasteiger partial charge < -0.3 is 14.7 Å². The number of carbonyl (C=O) groups excluding carboxylic acids is 1. The van der Waals surface area contributed by atoms with Crippen molar-refractivity contribution in [2.75, 3.05) is 13.1 Å². The summed E-state index contributed by atoms with van der Waals surface area (Å²) in [5.74, 6) is 0. The second-order valence-corrected chi connectivity index (χ2v) is 7.00. The number of rotatable bonds is 1. The minimum Gasteiger partial charge on any atom is -0.444 e. The molecule has 0 radical (unpaired) electrons. The zero-order valence-electron chi connectivity index (χ0n) is 12.8. The summed E-state index contributed by atoms with van der Waals surface area (Å²) in [6, 6.07) is 7.56. The number of aliphatic hydroxyl groups is 1. The van der Waals surface area contributed by atoms with Crippen molar-refractivity contribution >= 4 is 18.7 Å². The number of ether oxygens (including phenoxy) is 1. The SMILES string of the molecule is CC(C)(C)OC(=O)N1CCC(O)(c2ccccc2S)CC1. The van der Waals surface area contributed by atoms with Gasteiger partial charge in [0.1, 0.15) is 5.60 Å². The molecule has 1 amide bonds. The van der Waals surface area contributed by atoms with E-state index in [-0.39, 0.29) is 6.09 Å². The Kier molecular flexibility index (Phi) is 4.54. The molecule has 116 valence electrons. The molecule has 0 unspecified atom stereocenters. The Balaban J connectivity index is 2.03. The number of amides is 1. The predicted octanol–water partition coefficient (Wildman–Crippen LogP) is 3.19. The van der Waals surface area contributed by atoms with Gasteiger partial charge in [-0.1, -0.05) is 18.2 Å². The lowest BCUT2D eigenvalue weighted by molar-refractivity contribution is -0.0371. The number of nitrogens with zero attached hydrogens (tertiary/aromatic N) is 1. The van der Waals surface area contributed by atoms with Crippen LogP contribution in [0.15, 0.2) is 29.2 Å². The molecular formula is C16H23NO3S. The van der Waals surface area contributed by atoms with E-state index in [4.69, 9.17) is 4.74 Å². The van der Waals surface area contributed by atoms with E-state index in [1.54, 1.807) is 4.90 Å². The summed E-state index contributed by atoms with van der Waals surface area (Å²) in [5.41, 5.74) is -0.587. The summed E-state index contributed by atoms with van der Waals surface area (Å²) >= 11 is 4.42. The van der Waals surface area contributed by atoms with Crippen molar-refractivity contribution in [1.29, 1.82) is 0 Å². The van der Waals surface area contributed by atoms with Crippen LogP contribution in [0.4, 0.5) is 4.79 Å².